The summed E-state index contributed by atoms with van der Waals surface area (Å²) < 4.78 is 5.31. The van der Waals surface area contributed by atoms with E-state index in [-0.39, 0.29) is 22.8 Å². The Morgan fingerprint density at radius 3 is 2.16 bits per heavy atom. The molecule has 7 heteroatoms. The topological polar surface area (TPSA) is 96.5 Å². The minimum atomic E-state index is -1.12. The SMILES string of the molecule is Cc1[nH]c2ccccc2c1C(=O)COC(=O)[C@@H](C(C)C)N1C(=O)c2ccccc2C1=O. The van der Waals surface area contributed by atoms with E-state index < -0.39 is 30.4 Å². The van der Waals surface area contributed by atoms with Crippen LogP contribution >= 0.6 is 0 Å². The van der Waals surface area contributed by atoms with Gasteiger partial charge in [-0.3, -0.25) is 19.3 Å². The molecule has 3 aromatic rings. The van der Waals surface area contributed by atoms with Gasteiger partial charge in [-0.05, 0) is 31.0 Å². The molecule has 0 unspecified atom stereocenters. The van der Waals surface area contributed by atoms with Crippen LogP contribution in [0.5, 0.6) is 0 Å². The second kappa shape index (κ2) is 7.83. The number of nitrogens with one attached hydrogen (secondary N) is 1. The number of ether oxygens (including phenoxy) is 1. The van der Waals surface area contributed by atoms with Crippen molar-refractivity contribution in [2.45, 2.75) is 26.8 Å². The third kappa shape index (κ3) is 3.42. The van der Waals surface area contributed by atoms with Crippen LogP contribution in [0.15, 0.2) is 48.5 Å². The lowest BCUT2D eigenvalue weighted by Crippen LogP contribution is -2.49. The number of hydrogen-bond donors (Lipinski definition) is 1. The van der Waals surface area contributed by atoms with Crippen LogP contribution < -0.4 is 0 Å². The molecule has 1 aromatic heterocycles. The number of Topliss-reactive ketones (excluding diaryl/α,β-unsaturated/α-hetero) is 1. The number of para-hydroxylation sites is 1. The molecule has 2 heterocycles. The lowest BCUT2D eigenvalue weighted by atomic mass is 10.0. The molecule has 2 amide bonds. The van der Waals surface area contributed by atoms with E-state index in [1.807, 2.05) is 24.3 Å². The predicted octanol–water partition coefficient (Wildman–Crippen LogP) is 3.52. The van der Waals surface area contributed by atoms with Gasteiger partial charge in [0.2, 0.25) is 5.78 Å². The number of esters is 1. The average Bonchev–Trinajstić information content (AvgIpc) is 3.21. The largest absolute Gasteiger partial charge is 0.456 e. The van der Waals surface area contributed by atoms with E-state index in [0.717, 1.165) is 15.8 Å². The monoisotopic (exact) mass is 418 g/mol. The quantitative estimate of drug-likeness (QED) is 0.375. The number of rotatable bonds is 6. The maximum absolute atomic E-state index is 12.9. The molecule has 31 heavy (non-hydrogen) atoms. The first kappa shape index (κ1) is 20.5. The van der Waals surface area contributed by atoms with Crippen LogP contribution in [0.3, 0.4) is 0 Å². The molecule has 0 aliphatic carbocycles. The summed E-state index contributed by atoms with van der Waals surface area (Å²) in [5, 5.41) is 0.752. The van der Waals surface area contributed by atoms with Gasteiger partial charge in [0.25, 0.3) is 11.8 Å². The minimum Gasteiger partial charge on any atom is -0.456 e. The molecule has 0 fully saturated rings. The molecule has 7 nitrogen and oxygen atoms in total. The van der Waals surface area contributed by atoms with Gasteiger partial charge in [-0.25, -0.2) is 4.79 Å². The standard InChI is InChI=1S/C24H22N2O5/c1-13(2)21(26-22(28)15-8-4-5-9-16(15)23(26)29)24(30)31-12-19(27)20-14(3)25-18-11-7-6-10-17(18)20/h4-11,13,21,25H,12H2,1-3H3/t21-/m1/s1. The number of carbonyl (C=O) groups is 4. The van der Waals surface area contributed by atoms with Crippen LogP contribution in [-0.4, -0.2) is 46.1 Å². The summed E-state index contributed by atoms with van der Waals surface area (Å²) in [6.45, 7) is 4.75. The number of imide groups is 1. The summed E-state index contributed by atoms with van der Waals surface area (Å²) in [7, 11) is 0. The molecule has 158 valence electrons. The highest BCUT2D eigenvalue weighted by Gasteiger charge is 2.44. The summed E-state index contributed by atoms with van der Waals surface area (Å²) in [6.07, 6.45) is 0. The molecular formula is C24H22N2O5. The number of fused-ring (bicyclic) bond motifs is 2. The van der Waals surface area contributed by atoms with Crippen molar-refractivity contribution in [3.05, 3.63) is 70.9 Å². The molecule has 0 saturated heterocycles. The van der Waals surface area contributed by atoms with Crippen molar-refractivity contribution in [1.82, 2.24) is 9.88 Å². The molecule has 0 saturated carbocycles. The summed E-state index contributed by atoms with van der Waals surface area (Å²) in [4.78, 5) is 55.4. The van der Waals surface area contributed by atoms with Crippen LogP contribution in [0.4, 0.5) is 0 Å². The Morgan fingerprint density at radius 2 is 1.55 bits per heavy atom. The Kier molecular flexibility index (Phi) is 5.19. The fourth-order valence-corrected chi connectivity index (χ4v) is 4.07. The lowest BCUT2D eigenvalue weighted by molar-refractivity contribution is -0.148. The molecule has 1 N–H and O–H groups in total. The van der Waals surface area contributed by atoms with E-state index >= 15 is 0 Å². The number of aryl methyl sites for hydroxylation is 1. The van der Waals surface area contributed by atoms with Gasteiger partial charge >= 0.3 is 5.97 Å². The Hall–Kier alpha value is -3.74. The van der Waals surface area contributed by atoms with E-state index in [1.165, 1.54) is 0 Å². The van der Waals surface area contributed by atoms with Crippen LogP contribution in [0.25, 0.3) is 10.9 Å². The molecule has 1 atom stereocenters. The zero-order valence-corrected chi connectivity index (χ0v) is 17.5. The summed E-state index contributed by atoms with van der Waals surface area (Å²) in [6, 6.07) is 12.7. The Bertz CT molecular complexity index is 1190. The average molecular weight is 418 g/mol. The van der Waals surface area contributed by atoms with Crippen molar-refractivity contribution < 1.29 is 23.9 Å². The molecule has 0 spiro atoms. The predicted molar refractivity (Wildman–Crippen MR) is 114 cm³/mol. The summed E-state index contributed by atoms with van der Waals surface area (Å²) in [5.74, 6) is -2.59. The van der Waals surface area contributed by atoms with Crippen molar-refractivity contribution in [3.8, 4) is 0 Å². The number of amides is 2. The first-order chi connectivity index (χ1) is 14.8. The number of carbonyl (C=O) groups excluding carboxylic acids is 4. The van der Waals surface area contributed by atoms with Gasteiger partial charge in [0.15, 0.2) is 6.61 Å². The normalized spacial score (nSPS) is 14.3. The third-order valence-corrected chi connectivity index (χ3v) is 5.49. The minimum absolute atomic E-state index is 0.261. The first-order valence-corrected chi connectivity index (χ1v) is 10.0. The van der Waals surface area contributed by atoms with Gasteiger partial charge in [-0.1, -0.05) is 44.2 Å². The van der Waals surface area contributed by atoms with Crippen molar-refractivity contribution in [3.63, 3.8) is 0 Å². The number of hydrogen-bond acceptors (Lipinski definition) is 5. The van der Waals surface area contributed by atoms with Gasteiger partial charge in [0, 0.05) is 22.2 Å². The second-order valence-electron chi connectivity index (χ2n) is 7.92. The fraction of sp³-hybridized carbons (Fsp3) is 0.250. The fourth-order valence-electron chi connectivity index (χ4n) is 4.07. The second-order valence-corrected chi connectivity index (χ2v) is 7.92. The van der Waals surface area contributed by atoms with E-state index in [0.29, 0.717) is 11.3 Å². The third-order valence-electron chi connectivity index (χ3n) is 5.49. The zero-order valence-electron chi connectivity index (χ0n) is 17.5. The zero-order chi connectivity index (χ0) is 22.3. The number of H-pyrrole nitrogens is 1. The molecule has 1 aliphatic rings. The molecule has 0 bridgehead atoms. The Balaban J connectivity index is 1.54. The number of benzene rings is 2. The van der Waals surface area contributed by atoms with Gasteiger partial charge in [-0.15, -0.1) is 0 Å². The number of aromatic amines is 1. The number of ketones is 1. The number of nitrogens with zero attached hydrogens (tertiary/aromatic N) is 1. The van der Waals surface area contributed by atoms with Crippen molar-refractivity contribution in [2.24, 2.45) is 5.92 Å². The number of aromatic nitrogens is 1. The van der Waals surface area contributed by atoms with E-state index in [2.05, 4.69) is 4.98 Å². The van der Waals surface area contributed by atoms with Gasteiger partial charge in [0.05, 0.1) is 11.1 Å². The van der Waals surface area contributed by atoms with Crippen LogP contribution in [0.1, 0.15) is 50.6 Å². The molecule has 1 aliphatic heterocycles. The molecule has 4 rings (SSSR count). The van der Waals surface area contributed by atoms with Gasteiger partial charge in [-0.2, -0.15) is 0 Å². The lowest BCUT2D eigenvalue weighted by Gasteiger charge is -2.27. The van der Waals surface area contributed by atoms with Crippen LogP contribution in [0.2, 0.25) is 0 Å². The molecular weight excluding hydrogens is 396 g/mol. The van der Waals surface area contributed by atoms with Crippen LogP contribution in [0, 0.1) is 12.8 Å². The van der Waals surface area contributed by atoms with Gasteiger partial charge in [0.1, 0.15) is 6.04 Å². The van der Waals surface area contributed by atoms with E-state index in [1.54, 1.807) is 45.0 Å². The maximum Gasteiger partial charge on any atom is 0.330 e. The van der Waals surface area contributed by atoms with Crippen molar-refractivity contribution in [1.29, 1.82) is 0 Å². The maximum atomic E-state index is 12.9. The van der Waals surface area contributed by atoms with Crippen molar-refractivity contribution in [2.75, 3.05) is 6.61 Å². The molecule has 2 aromatic carbocycles. The highest BCUT2D eigenvalue weighted by Crippen LogP contribution is 2.28. The van der Waals surface area contributed by atoms with E-state index in [4.69, 9.17) is 4.74 Å². The highest BCUT2D eigenvalue weighted by atomic mass is 16.5. The highest BCUT2D eigenvalue weighted by molar-refractivity contribution is 6.22. The van der Waals surface area contributed by atoms with Gasteiger partial charge < -0.3 is 9.72 Å². The van der Waals surface area contributed by atoms with E-state index in [9.17, 15) is 19.2 Å². The first-order valence-electron chi connectivity index (χ1n) is 10.0. The van der Waals surface area contributed by atoms with Crippen LogP contribution in [-0.2, 0) is 9.53 Å². The smallest absolute Gasteiger partial charge is 0.330 e. The molecule has 0 radical (unpaired) electrons. The summed E-state index contributed by atoms with van der Waals surface area (Å²) in [5.41, 5.74) is 2.49. The summed E-state index contributed by atoms with van der Waals surface area (Å²) >= 11 is 0. The Labute approximate surface area is 179 Å². The Morgan fingerprint density at radius 1 is 0.968 bits per heavy atom. The van der Waals surface area contributed by atoms with Crippen molar-refractivity contribution >= 4 is 34.5 Å².